The van der Waals surface area contributed by atoms with E-state index in [1.165, 1.54) is 11.9 Å². The van der Waals surface area contributed by atoms with Crippen LogP contribution in [0.4, 0.5) is 4.79 Å². The van der Waals surface area contributed by atoms with E-state index in [2.05, 4.69) is 0 Å². The molecule has 0 unspecified atom stereocenters. The second-order valence-corrected chi connectivity index (χ2v) is 4.05. The third-order valence-corrected chi connectivity index (χ3v) is 3.04. The number of aliphatic hydroxyl groups is 1. The maximum absolute atomic E-state index is 11.4. The molecule has 0 saturated carbocycles. The molecule has 0 aromatic heterocycles. The zero-order valence-corrected chi connectivity index (χ0v) is 9.25. The molecule has 0 spiro atoms. The largest absolute Gasteiger partial charge is 0.417 e. The Morgan fingerprint density at radius 1 is 1.24 bits per heavy atom. The standard InChI is InChI=1S/C13H11NO3/c1-14-12(15)11-9-5-3-2-4-8(9)6-7-10(11)17-13(14)16/h2-7,12,15H,1H3/t12-/m1/s1. The van der Waals surface area contributed by atoms with Crippen LogP contribution in [0.2, 0.25) is 0 Å². The van der Waals surface area contributed by atoms with Gasteiger partial charge in [0.05, 0.1) is 5.56 Å². The van der Waals surface area contributed by atoms with Crippen molar-refractivity contribution in [3.05, 3.63) is 42.0 Å². The highest BCUT2D eigenvalue weighted by Crippen LogP contribution is 2.37. The smallest absolute Gasteiger partial charge is 0.410 e. The molecule has 4 nitrogen and oxygen atoms in total. The summed E-state index contributed by atoms with van der Waals surface area (Å²) in [6.07, 6.45) is -1.50. The lowest BCUT2D eigenvalue weighted by Gasteiger charge is -2.30. The first-order valence-electron chi connectivity index (χ1n) is 5.33. The normalized spacial score (nSPS) is 19.1. The van der Waals surface area contributed by atoms with E-state index in [0.717, 1.165) is 10.8 Å². The summed E-state index contributed by atoms with van der Waals surface area (Å²) in [5.74, 6) is 0.430. The van der Waals surface area contributed by atoms with Crippen LogP contribution >= 0.6 is 0 Å². The lowest BCUT2D eigenvalue weighted by atomic mass is 10.0. The van der Waals surface area contributed by atoms with Crippen molar-refractivity contribution in [3.63, 3.8) is 0 Å². The van der Waals surface area contributed by atoms with Gasteiger partial charge in [-0.2, -0.15) is 0 Å². The Morgan fingerprint density at radius 2 is 2.00 bits per heavy atom. The first kappa shape index (κ1) is 10.1. The van der Waals surface area contributed by atoms with Crippen LogP contribution in [-0.2, 0) is 0 Å². The molecule has 1 heterocycles. The molecule has 0 saturated heterocycles. The number of benzene rings is 2. The third-order valence-electron chi connectivity index (χ3n) is 3.04. The van der Waals surface area contributed by atoms with Crippen molar-refractivity contribution in [1.82, 2.24) is 4.90 Å². The SMILES string of the molecule is CN1C(=O)Oc2ccc3ccccc3c2[C@H]1O. The van der Waals surface area contributed by atoms with Crippen LogP contribution in [0.1, 0.15) is 11.8 Å². The molecule has 0 bridgehead atoms. The molecule has 1 amide bonds. The molecule has 17 heavy (non-hydrogen) atoms. The lowest BCUT2D eigenvalue weighted by molar-refractivity contribution is 0.0160. The zero-order chi connectivity index (χ0) is 12.0. The average Bonchev–Trinajstić information content (AvgIpc) is 2.35. The molecule has 1 N–H and O–H groups in total. The maximum Gasteiger partial charge on any atom is 0.417 e. The fraction of sp³-hybridized carbons (Fsp3) is 0.154. The van der Waals surface area contributed by atoms with Crippen LogP contribution in [0, 0.1) is 0 Å². The number of carbonyl (C=O) groups excluding carboxylic acids is 1. The second-order valence-electron chi connectivity index (χ2n) is 4.05. The summed E-state index contributed by atoms with van der Waals surface area (Å²) in [4.78, 5) is 12.6. The summed E-state index contributed by atoms with van der Waals surface area (Å²) in [5, 5.41) is 12.0. The van der Waals surface area contributed by atoms with E-state index in [4.69, 9.17) is 4.74 Å². The van der Waals surface area contributed by atoms with Crippen molar-refractivity contribution in [3.8, 4) is 5.75 Å². The fourth-order valence-electron chi connectivity index (χ4n) is 2.09. The summed E-state index contributed by atoms with van der Waals surface area (Å²) in [7, 11) is 1.51. The minimum absolute atomic E-state index is 0.430. The van der Waals surface area contributed by atoms with Gasteiger partial charge in [0.25, 0.3) is 0 Å². The number of carbonyl (C=O) groups is 1. The predicted molar refractivity (Wildman–Crippen MR) is 62.7 cm³/mol. The van der Waals surface area contributed by atoms with E-state index >= 15 is 0 Å². The Morgan fingerprint density at radius 3 is 2.82 bits per heavy atom. The Bertz CT molecular complexity index is 609. The van der Waals surface area contributed by atoms with Crippen LogP contribution < -0.4 is 4.74 Å². The van der Waals surface area contributed by atoms with E-state index in [1.807, 2.05) is 30.3 Å². The highest BCUT2D eigenvalue weighted by atomic mass is 16.6. The van der Waals surface area contributed by atoms with Crippen molar-refractivity contribution < 1.29 is 14.6 Å². The van der Waals surface area contributed by atoms with Crippen molar-refractivity contribution in [1.29, 1.82) is 0 Å². The van der Waals surface area contributed by atoms with E-state index in [0.29, 0.717) is 11.3 Å². The van der Waals surface area contributed by atoms with Crippen LogP contribution in [0.25, 0.3) is 10.8 Å². The van der Waals surface area contributed by atoms with Crippen LogP contribution in [-0.4, -0.2) is 23.1 Å². The third kappa shape index (κ3) is 1.38. The van der Waals surface area contributed by atoms with Gasteiger partial charge in [0, 0.05) is 7.05 Å². The average molecular weight is 229 g/mol. The van der Waals surface area contributed by atoms with Crippen molar-refractivity contribution >= 4 is 16.9 Å². The topological polar surface area (TPSA) is 49.8 Å². The van der Waals surface area contributed by atoms with Gasteiger partial charge in [-0.1, -0.05) is 30.3 Å². The highest BCUT2D eigenvalue weighted by molar-refractivity contribution is 5.90. The molecule has 1 aliphatic rings. The Kier molecular flexibility index (Phi) is 2.06. The van der Waals surface area contributed by atoms with Gasteiger partial charge < -0.3 is 9.84 Å². The number of nitrogens with zero attached hydrogens (tertiary/aromatic N) is 1. The number of rotatable bonds is 0. The first-order chi connectivity index (χ1) is 8.18. The van der Waals surface area contributed by atoms with Crippen LogP contribution in [0.15, 0.2) is 36.4 Å². The van der Waals surface area contributed by atoms with E-state index < -0.39 is 12.3 Å². The van der Waals surface area contributed by atoms with Crippen molar-refractivity contribution in [2.24, 2.45) is 0 Å². The predicted octanol–water partition coefficient (Wildman–Crippen LogP) is 2.27. The molecule has 0 radical (unpaired) electrons. The van der Waals surface area contributed by atoms with Gasteiger partial charge in [-0.25, -0.2) is 4.79 Å². The van der Waals surface area contributed by atoms with Gasteiger partial charge >= 0.3 is 6.09 Å². The lowest BCUT2D eigenvalue weighted by Crippen LogP contribution is -2.37. The highest BCUT2D eigenvalue weighted by Gasteiger charge is 2.31. The quantitative estimate of drug-likeness (QED) is 0.754. The summed E-state index contributed by atoms with van der Waals surface area (Å²) in [5.41, 5.74) is 0.644. The van der Waals surface area contributed by atoms with E-state index in [-0.39, 0.29) is 0 Å². The summed E-state index contributed by atoms with van der Waals surface area (Å²) >= 11 is 0. The zero-order valence-electron chi connectivity index (χ0n) is 9.25. The van der Waals surface area contributed by atoms with Gasteiger partial charge in [0.1, 0.15) is 5.75 Å². The van der Waals surface area contributed by atoms with Gasteiger partial charge in [-0.05, 0) is 16.8 Å². The molecule has 0 aliphatic carbocycles. The molecular weight excluding hydrogens is 218 g/mol. The maximum atomic E-state index is 11.4. The summed E-state index contributed by atoms with van der Waals surface area (Å²) in [6, 6.07) is 11.3. The number of hydrogen-bond acceptors (Lipinski definition) is 3. The van der Waals surface area contributed by atoms with Crippen molar-refractivity contribution in [2.45, 2.75) is 6.23 Å². The summed E-state index contributed by atoms with van der Waals surface area (Å²) in [6.45, 7) is 0. The molecule has 4 heteroatoms. The molecule has 86 valence electrons. The number of amides is 1. The van der Waals surface area contributed by atoms with Gasteiger partial charge in [-0.15, -0.1) is 0 Å². The Labute approximate surface area is 98.0 Å². The molecule has 2 aromatic rings. The second kappa shape index (κ2) is 3.46. The van der Waals surface area contributed by atoms with E-state index in [9.17, 15) is 9.90 Å². The molecule has 3 rings (SSSR count). The monoisotopic (exact) mass is 229 g/mol. The van der Waals surface area contributed by atoms with Gasteiger partial charge in [-0.3, -0.25) is 4.90 Å². The Balaban J connectivity index is 2.32. The molecular formula is C13H11NO3. The van der Waals surface area contributed by atoms with E-state index in [1.54, 1.807) is 6.07 Å². The minimum atomic E-state index is -0.961. The molecule has 1 atom stereocenters. The van der Waals surface area contributed by atoms with Crippen LogP contribution in [0.3, 0.4) is 0 Å². The first-order valence-corrected chi connectivity index (χ1v) is 5.33. The molecule has 0 fully saturated rings. The van der Waals surface area contributed by atoms with Crippen molar-refractivity contribution in [2.75, 3.05) is 7.05 Å². The van der Waals surface area contributed by atoms with Gasteiger partial charge in [0.15, 0.2) is 6.23 Å². The molecule has 1 aliphatic heterocycles. The number of hydrogen-bond donors (Lipinski definition) is 1. The Hall–Kier alpha value is -2.07. The number of ether oxygens (including phenoxy) is 1. The molecule has 2 aromatic carbocycles. The number of aliphatic hydroxyl groups excluding tert-OH is 1. The van der Waals surface area contributed by atoms with Gasteiger partial charge in [0.2, 0.25) is 0 Å². The minimum Gasteiger partial charge on any atom is -0.410 e. The summed E-state index contributed by atoms with van der Waals surface area (Å²) < 4.78 is 5.15. The van der Waals surface area contributed by atoms with Crippen LogP contribution in [0.5, 0.6) is 5.75 Å². The fourth-order valence-corrected chi connectivity index (χ4v) is 2.09. The number of fused-ring (bicyclic) bond motifs is 3.